The number of likely N-dealkylation sites (tertiary alicyclic amines) is 1. The highest BCUT2D eigenvalue weighted by Gasteiger charge is 2.31. The van der Waals surface area contributed by atoms with Gasteiger partial charge in [-0.15, -0.1) is 0 Å². The van der Waals surface area contributed by atoms with E-state index in [4.69, 9.17) is 11.5 Å². The van der Waals surface area contributed by atoms with Crippen LogP contribution in [0.25, 0.3) is 0 Å². The molecule has 1 aliphatic rings. The van der Waals surface area contributed by atoms with Gasteiger partial charge in [0.05, 0.1) is 0 Å². The summed E-state index contributed by atoms with van der Waals surface area (Å²) in [6.07, 6.45) is 2.11. The third-order valence-corrected chi connectivity index (χ3v) is 4.03. The van der Waals surface area contributed by atoms with Gasteiger partial charge < -0.3 is 16.4 Å². The van der Waals surface area contributed by atoms with E-state index in [9.17, 15) is 9.59 Å². The normalized spacial score (nSPS) is 22.6. The van der Waals surface area contributed by atoms with Gasteiger partial charge in [-0.1, -0.05) is 6.92 Å². The Hall–Kier alpha value is -1.88. The first kappa shape index (κ1) is 14.5. The molecule has 0 radical (unpaired) electrons. The molecule has 0 aromatic heterocycles. The van der Waals surface area contributed by atoms with Gasteiger partial charge in [-0.25, -0.2) is 0 Å². The highest BCUT2D eigenvalue weighted by Crippen LogP contribution is 2.24. The van der Waals surface area contributed by atoms with Gasteiger partial charge in [0.1, 0.15) is 0 Å². The summed E-state index contributed by atoms with van der Waals surface area (Å²) in [5.41, 5.74) is 12.0. The van der Waals surface area contributed by atoms with Crippen LogP contribution in [0.15, 0.2) is 24.3 Å². The van der Waals surface area contributed by atoms with Crippen LogP contribution in [0.3, 0.4) is 0 Å². The lowest BCUT2D eigenvalue weighted by Crippen LogP contribution is -2.51. The molecule has 0 unspecified atom stereocenters. The Bertz CT molecular complexity index is 498. The minimum absolute atomic E-state index is 0.0250. The first-order valence-corrected chi connectivity index (χ1v) is 6.95. The van der Waals surface area contributed by atoms with Gasteiger partial charge in [0.25, 0.3) is 5.91 Å². The molecular weight excluding hydrogens is 254 g/mol. The second-order valence-electron chi connectivity index (χ2n) is 5.36. The number of piperidine rings is 1. The van der Waals surface area contributed by atoms with Crippen molar-refractivity contribution in [3.8, 4) is 0 Å². The van der Waals surface area contributed by atoms with Gasteiger partial charge >= 0.3 is 0 Å². The molecule has 5 heteroatoms. The van der Waals surface area contributed by atoms with Crippen LogP contribution in [0.5, 0.6) is 0 Å². The fourth-order valence-corrected chi connectivity index (χ4v) is 2.80. The quantitative estimate of drug-likeness (QED) is 0.861. The number of carbonyl (C=O) groups excluding carboxylic acids is 2. The van der Waals surface area contributed by atoms with Crippen molar-refractivity contribution in [2.45, 2.75) is 25.8 Å². The van der Waals surface area contributed by atoms with E-state index in [0.717, 1.165) is 19.4 Å². The minimum atomic E-state index is -0.490. The first-order chi connectivity index (χ1) is 9.54. The largest absolute Gasteiger partial charge is 0.366 e. The third kappa shape index (κ3) is 2.82. The lowest BCUT2D eigenvalue weighted by Gasteiger charge is -2.39. The second-order valence-corrected chi connectivity index (χ2v) is 5.36. The van der Waals surface area contributed by atoms with E-state index in [1.54, 1.807) is 24.3 Å². The van der Waals surface area contributed by atoms with Crippen molar-refractivity contribution in [1.29, 1.82) is 0 Å². The maximum atomic E-state index is 12.5. The maximum Gasteiger partial charge on any atom is 0.254 e. The van der Waals surface area contributed by atoms with Crippen molar-refractivity contribution >= 4 is 11.8 Å². The van der Waals surface area contributed by atoms with E-state index < -0.39 is 5.91 Å². The van der Waals surface area contributed by atoms with E-state index in [1.165, 1.54) is 0 Å². The molecule has 1 saturated heterocycles. The van der Waals surface area contributed by atoms with Crippen LogP contribution < -0.4 is 11.5 Å². The molecule has 4 N–H and O–H groups in total. The summed E-state index contributed by atoms with van der Waals surface area (Å²) < 4.78 is 0. The fourth-order valence-electron chi connectivity index (χ4n) is 2.80. The van der Waals surface area contributed by atoms with Crippen molar-refractivity contribution in [2.75, 3.05) is 13.1 Å². The molecule has 1 fully saturated rings. The second kappa shape index (κ2) is 6.05. The number of nitrogens with two attached hydrogens (primary N) is 2. The molecule has 2 amide bonds. The van der Waals surface area contributed by atoms with Gasteiger partial charge in [-0.05, 0) is 43.0 Å². The first-order valence-electron chi connectivity index (χ1n) is 6.95. The number of nitrogens with zero attached hydrogens (tertiary/aromatic N) is 1. The molecule has 1 aromatic carbocycles. The van der Waals surface area contributed by atoms with Crippen LogP contribution in [0, 0.1) is 5.92 Å². The van der Waals surface area contributed by atoms with Gasteiger partial charge in [-0.2, -0.15) is 0 Å². The van der Waals surface area contributed by atoms with Gasteiger partial charge in [0.2, 0.25) is 5.91 Å². The van der Waals surface area contributed by atoms with Crippen molar-refractivity contribution in [3.05, 3.63) is 35.4 Å². The zero-order valence-corrected chi connectivity index (χ0v) is 11.7. The van der Waals surface area contributed by atoms with Crippen molar-refractivity contribution in [1.82, 2.24) is 4.90 Å². The molecule has 5 nitrogen and oxygen atoms in total. The number of rotatable bonds is 3. The van der Waals surface area contributed by atoms with Gasteiger partial charge in [-0.3, -0.25) is 9.59 Å². The van der Waals surface area contributed by atoms with Crippen molar-refractivity contribution in [2.24, 2.45) is 17.4 Å². The van der Waals surface area contributed by atoms with Crippen LogP contribution in [0.1, 0.15) is 40.5 Å². The molecule has 1 aromatic rings. The molecule has 108 valence electrons. The molecule has 0 saturated carbocycles. The highest BCUT2D eigenvalue weighted by molar-refractivity contribution is 5.97. The van der Waals surface area contributed by atoms with E-state index in [0.29, 0.717) is 23.6 Å². The molecule has 0 spiro atoms. The van der Waals surface area contributed by atoms with Crippen molar-refractivity contribution < 1.29 is 9.59 Å². The summed E-state index contributed by atoms with van der Waals surface area (Å²) in [6.45, 7) is 3.35. The topological polar surface area (TPSA) is 89.4 Å². The van der Waals surface area contributed by atoms with E-state index in [-0.39, 0.29) is 11.9 Å². The van der Waals surface area contributed by atoms with E-state index in [1.807, 2.05) is 4.90 Å². The van der Waals surface area contributed by atoms with Crippen LogP contribution in [-0.2, 0) is 0 Å². The Balaban J connectivity index is 2.19. The molecule has 20 heavy (non-hydrogen) atoms. The van der Waals surface area contributed by atoms with Crippen LogP contribution in [0.2, 0.25) is 0 Å². The number of hydrogen-bond acceptors (Lipinski definition) is 3. The fraction of sp³-hybridized carbons (Fsp3) is 0.467. The molecule has 0 bridgehead atoms. The summed E-state index contributed by atoms with van der Waals surface area (Å²) >= 11 is 0. The summed E-state index contributed by atoms with van der Waals surface area (Å²) in [5, 5.41) is 0. The molecule has 2 rings (SSSR count). The predicted molar refractivity (Wildman–Crippen MR) is 77.2 cm³/mol. The average molecular weight is 275 g/mol. The minimum Gasteiger partial charge on any atom is -0.366 e. The van der Waals surface area contributed by atoms with Crippen molar-refractivity contribution in [3.63, 3.8) is 0 Å². The smallest absolute Gasteiger partial charge is 0.254 e. The molecule has 1 aliphatic heterocycles. The Morgan fingerprint density at radius 3 is 2.40 bits per heavy atom. The maximum absolute atomic E-state index is 12.5. The number of primary amides is 1. The Labute approximate surface area is 118 Å². The summed E-state index contributed by atoms with van der Waals surface area (Å²) in [6, 6.07) is 6.55. The number of carbonyl (C=O) groups is 2. The number of amides is 2. The summed E-state index contributed by atoms with van der Waals surface area (Å²) in [5.74, 6) is -0.0963. The highest BCUT2D eigenvalue weighted by atomic mass is 16.2. The van der Waals surface area contributed by atoms with Crippen LogP contribution >= 0.6 is 0 Å². The Kier molecular flexibility index (Phi) is 4.39. The van der Waals surface area contributed by atoms with E-state index >= 15 is 0 Å². The molecule has 0 aliphatic carbocycles. The zero-order valence-electron chi connectivity index (χ0n) is 11.7. The molecule has 1 heterocycles. The van der Waals surface area contributed by atoms with E-state index in [2.05, 4.69) is 6.92 Å². The summed E-state index contributed by atoms with van der Waals surface area (Å²) in [7, 11) is 0. The standard InChI is InChI=1S/C15H21N3O2/c1-10-3-2-8-18(13(10)9-16)15(20)12-6-4-11(5-7-12)14(17)19/h4-7,10,13H,2-3,8-9,16H2,1H3,(H2,17,19)/t10-,13+/m0/s1. The lowest BCUT2D eigenvalue weighted by atomic mass is 9.90. The van der Waals surface area contributed by atoms with Crippen LogP contribution in [-0.4, -0.2) is 35.8 Å². The number of hydrogen-bond donors (Lipinski definition) is 2. The lowest BCUT2D eigenvalue weighted by molar-refractivity contribution is 0.0532. The molecule has 2 atom stereocenters. The Morgan fingerprint density at radius 2 is 1.85 bits per heavy atom. The monoisotopic (exact) mass is 275 g/mol. The van der Waals surface area contributed by atoms with Gasteiger partial charge in [0.15, 0.2) is 0 Å². The van der Waals surface area contributed by atoms with Crippen LogP contribution in [0.4, 0.5) is 0 Å². The third-order valence-electron chi connectivity index (χ3n) is 4.03. The number of benzene rings is 1. The average Bonchev–Trinajstić information content (AvgIpc) is 2.46. The Morgan fingerprint density at radius 1 is 1.25 bits per heavy atom. The SMILES string of the molecule is C[C@H]1CCCN(C(=O)c2ccc(C(N)=O)cc2)[C@@H]1CN. The molecular formula is C15H21N3O2. The zero-order chi connectivity index (χ0) is 14.7. The predicted octanol–water partition coefficient (Wildman–Crippen LogP) is 0.985. The summed E-state index contributed by atoms with van der Waals surface area (Å²) in [4.78, 5) is 25.4. The van der Waals surface area contributed by atoms with Gasteiger partial charge in [0, 0.05) is 30.3 Å².